The molecular weight excluding hydrogens is 310 g/mol. The summed E-state index contributed by atoms with van der Waals surface area (Å²) in [5.41, 5.74) is 2.30. The quantitative estimate of drug-likeness (QED) is 0.690. The number of fused-ring (bicyclic) bond motifs is 2. The van der Waals surface area contributed by atoms with Crippen LogP contribution in [0.4, 0.5) is 5.69 Å². The topological polar surface area (TPSA) is 46.2 Å². The van der Waals surface area contributed by atoms with Crippen molar-refractivity contribution in [1.82, 2.24) is 0 Å². The molecule has 0 radical (unpaired) electrons. The summed E-state index contributed by atoms with van der Waals surface area (Å²) in [4.78, 5) is 25.6. The highest BCUT2D eigenvalue weighted by Gasteiger charge is 2.32. The van der Waals surface area contributed by atoms with E-state index in [1.54, 1.807) is 24.3 Å². The molecule has 2 aromatic carbocycles. The van der Waals surface area contributed by atoms with E-state index in [4.69, 9.17) is 11.6 Å². The molecule has 23 heavy (non-hydrogen) atoms. The maximum atomic E-state index is 12.9. The molecular formula is C19H18ClNO2. The van der Waals surface area contributed by atoms with Crippen molar-refractivity contribution in [2.75, 3.05) is 11.9 Å². The molecule has 1 aliphatic carbocycles. The largest absolute Gasteiger partial charge is 0.384 e. The van der Waals surface area contributed by atoms with Crippen LogP contribution >= 0.6 is 11.6 Å². The van der Waals surface area contributed by atoms with E-state index in [9.17, 15) is 9.59 Å². The molecule has 0 saturated heterocycles. The first-order chi connectivity index (χ1) is 11.1. The minimum absolute atomic E-state index is 0.144. The summed E-state index contributed by atoms with van der Waals surface area (Å²) in [6.45, 7) is 2.92. The van der Waals surface area contributed by atoms with Crippen LogP contribution in [0, 0.1) is 0 Å². The van der Waals surface area contributed by atoms with Crippen LogP contribution in [0.1, 0.15) is 58.0 Å². The summed E-state index contributed by atoms with van der Waals surface area (Å²) in [6, 6.07) is 10.4. The first-order valence-electron chi connectivity index (χ1n) is 7.90. The second kappa shape index (κ2) is 6.55. The zero-order chi connectivity index (χ0) is 16.4. The van der Waals surface area contributed by atoms with E-state index in [-0.39, 0.29) is 11.6 Å². The van der Waals surface area contributed by atoms with Gasteiger partial charge in [0.2, 0.25) is 0 Å². The zero-order valence-electron chi connectivity index (χ0n) is 13.0. The Bertz CT molecular complexity index is 783. The second-order valence-electron chi connectivity index (χ2n) is 5.68. The molecule has 2 aromatic rings. The maximum absolute atomic E-state index is 12.9. The van der Waals surface area contributed by atoms with E-state index in [1.807, 2.05) is 12.1 Å². The molecule has 0 unspecified atom stereocenters. The van der Waals surface area contributed by atoms with Gasteiger partial charge in [-0.15, -0.1) is 0 Å². The van der Waals surface area contributed by atoms with E-state index in [1.165, 1.54) is 0 Å². The Morgan fingerprint density at radius 3 is 2.35 bits per heavy atom. The predicted octanol–water partition coefficient (Wildman–Crippen LogP) is 4.72. The fourth-order valence-corrected chi connectivity index (χ4v) is 3.21. The fraction of sp³-hybridized carbons (Fsp3) is 0.263. The maximum Gasteiger partial charge on any atom is 0.198 e. The van der Waals surface area contributed by atoms with Crippen LogP contribution in [-0.2, 0) is 0 Å². The lowest BCUT2D eigenvalue weighted by Gasteiger charge is -2.21. The Hall–Kier alpha value is -2.13. The molecule has 0 aliphatic heterocycles. The first kappa shape index (κ1) is 15.8. The fourth-order valence-electron chi connectivity index (χ4n) is 2.95. The Balaban J connectivity index is 2.02. The number of ketones is 2. The normalized spacial score (nSPS) is 12.8. The molecule has 3 rings (SSSR count). The number of nitrogens with one attached hydrogen (secondary N) is 1. The van der Waals surface area contributed by atoms with Crippen molar-refractivity contribution in [3.63, 3.8) is 0 Å². The molecule has 0 aromatic heterocycles. The third-order valence-electron chi connectivity index (χ3n) is 4.12. The Morgan fingerprint density at radius 2 is 1.61 bits per heavy atom. The molecule has 118 valence electrons. The van der Waals surface area contributed by atoms with Gasteiger partial charge >= 0.3 is 0 Å². The average Bonchev–Trinajstić information content (AvgIpc) is 2.56. The summed E-state index contributed by atoms with van der Waals surface area (Å²) in [7, 11) is 0. The lowest BCUT2D eigenvalue weighted by molar-refractivity contribution is 0.0979. The average molecular weight is 328 g/mol. The van der Waals surface area contributed by atoms with Crippen LogP contribution in [0.25, 0.3) is 0 Å². The van der Waals surface area contributed by atoms with Crippen LogP contribution in [0.2, 0.25) is 5.02 Å². The lowest BCUT2D eigenvalue weighted by atomic mass is 9.83. The highest BCUT2D eigenvalue weighted by Crippen LogP contribution is 2.35. The summed E-state index contributed by atoms with van der Waals surface area (Å²) in [5, 5.41) is 3.62. The van der Waals surface area contributed by atoms with Gasteiger partial charge in [-0.2, -0.15) is 0 Å². The van der Waals surface area contributed by atoms with Crippen molar-refractivity contribution in [2.24, 2.45) is 0 Å². The summed E-state index contributed by atoms with van der Waals surface area (Å²) >= 11 is 6.17. The molecule has 4 heteroatoms. The Kier molecular flexibility index (Phi) is 4.49. The van der Waals surface area contributed by atoms with Gasteiger partial charge < -0.3 is 5.32 Å². The molecule has 0 fully saturated rings. The molecule has 0 heterocycles. The molecule has 3 nitrogen and oxygen atoms in total. The van der Waals surface area contributed by atoms with Gasteiger partial charge in [-0.05, 0) is 18.6 Å². The van der Waals surface area contributed by atoms with Crippen LogP contribution in [0.15, 0.2) is 36.4 Å². The standard InChI is InChI=1S/C19H18ClNO2/c1-2-3-4-11-21-15-10-6-8-13-17(15)19(23)16-12(18(13)22)7-5-9-14(16)20/h5-10,21H,2-4,11H2,1H3. The summed E-state index contributed by atoms with van der Waals surface area (Å²) < 4.78 is 0. The Labute approximate surface area is 140 Å². The van der Waals surface area contributed by atoms with Gasteiger partial charge in [0.1, 0.15) is 0 Å². The number of benzene rings is 2. The smallest absolute Gasteiger partial charge is 0.198 e. The number of unbranched alkanes of at least 4 members (excludes halogenated alkanes) is 2. The number of halogens is 1. The SMILES string of the molecule is CCCCCNc1cccc2c1C(=O)c1c(Cl)cccc1C2=O. The van der Waals surface area contributed by atoms with Crippen molar-refractivity contribution in [2.45, 2.75) is 26.2 Å². The van der Waals surface area contributed by atoms with Gasteiger partial charge in [0, 0.05) is 23.4 Å². The molecule has 0 spiro atoms. The molecule has 0 atom stereocenters. The highest BCUT2D eigenvalue weighted by molar-refractivity contribution is 6.39. The van der Waals surface area contributed by atoms with Crippen molar-refractivity contribution in [3.8, 4) is 0 Å². The number of anilines is 1. The molecule has 0 amide bonds. The van der Waals surface area contributed by atoms with Gasteiger partial charge in [-0.25, -0.2) is 0 Å². The van der Waals surface area contributed by atoms with E-state index >= 15 is 0 Å². The molecule has 0 saturated carbocycles. The first-order valence-corrected chi connectivity index (χ1v) is 8.27. The van der Waals surface area contributed by atoms with Gasteiger partial charge in [0.05, 0.1) is 16.1 Å². The van der Waals surface area contributed by atoms with E-state index in [0.29, 0.717) is 33.0 Å². The Morgan fingerprint density at radius 1 is 0.913 bits per heavy atom. The van der Waals surface area contributed by atoms with E-state index in [2.05, 4.69) is 12.2 Å². The third kappa shape index (κ3) is 2.77. The van der Waals surface area contributed by atoms with Gasteiger partial charge in [0.25, 0.3) is 0 Å². The van der Waals surface area contributed by atoms with Crippen LogP contribution < -0.4 is 5.32 Å². The number of hydrogen-bond acceptors (Lipinski definition) is 3. The van der Waals surface area contributed by atoms with Crippen LogP contribution in [0.5, 0.6) is 0 Å². The van der Waals surface area contributed by atoms with Gasteiger partial charge in [-0.1, -0.05) is 55.6 Å². The summed E-state index contributed by atoms with van der Waals surface area (Å²) in [6.07, 6.45) is 3.29. The van der Waals surface area contributed by atoms with Crippen LogP contribution in [-0.4, -0.2) is 18.1 Å². The van der Waals surface area contributed by atoms with E-state index < -0.39 is 0 Å². The van der Waals surface area contributed by atoms with Gasteiger partial charge in [-0.3, -0.25) is 9.59 Å². The van der Waals surface area contributed by atoms with Crippen molar-refractivity contribution >= 4 is 28.9 Å². The highest BCUT2D eigenvalue weighted by atomic mass is 35.5. The van der Waals surface area contributed by atoms with Crippen molar-refractivity contribution in [1.29, 1.82) is 0 Å². The number of hydrogen-bond donors (Lipinski definition) is 1. The minimum atomic E-state index is -0.182. The third-order valence-corrected chi connectivity index (χ3v) is 4.43. The van der Waals surface area contributed by atoms with E-state index in [0.717, 1.165) is 25.8 Å². The number of rotatable bonds is 5. The zero-order valence-corrected chi connectivity index (χ0v) is 13.7. The molecule has 1 aliphatic rings. The van der Waals surface area contributed by atoms with Gasteiger partial charge in [0.15, 0.2) is 11.6 Å². The van der Waals surface area contributed by atoms with Crippen LogP contribution in [0.3, 0.4) is 0 Å². The summed E-state index contributed by atoms with van der Waals surface area (Å²) in [5.74, 6) is -0.326. The monoisotopic (exact) mass is 327 g/mol. The predicted molar refractivity (Wildman–Crippen MR) is 92.8 cm³/mol. The lowest BCUT2D eigenvalue weighted by Crippen LogP contribution is -2.23. The second-order valence-corrected chi connectivity index (χ2v) is 6.09. The minimum Gasteiger partial charge on any atom is -0.384 e. The molecule has 1 N–H and O–H groups in total. The number of carbonyl (C=O) groups is 2. The number of carbonyl (C=O) groups excluding carboxylic acids is 2. The van der Waals surface area contributed by atoms with Crippen molar-refractivity contribution < 1.29 is 9.59 Å². The molecule has 0 bridgehead atoms. The van der Waals surface area contributed by atoms with Crippen molar-refractivity contribution in [3.05, 3.63) is 63.7 Å².